The maximum absolute atomic E-state index is 3.42. The van der Waals surface area contributed by atoms with Crippen molar-refractivity contribution in [1.82, 2.24) is 10.6 Å². The van der Waals surface area contributed by atoms with Gasteiger partial charge in [0, 0.05) is 12.6 Å². The van der Waals surface area contributed by atoms with Crippen molar-refractivity contribution in [1.29, 1.82) is 0 Å². The maximum Gasteiger partial charge on any atom is 0.0164 e. The van der Waals surface area contributed by atoms with E-state index in [2.05, 4.69) is 31.4 Å². The van der Waals surface area contributed by atoms with Gasteiger partial charge in [0.2, 0.25) is 0 Å². The summed E-state index contributed by atoms with van der Waals surface area (Å²) in [4.78, 5) is 0. The van der Waals surface area contributed by atoms with Gasteiger partial charge in [-0.05, 0) is 26.4 Å². The molecule has 1 atom stereocenters. The molecule has 0 amide bonds. The Kier molecular flexibility index (Phi) is 5.64. The van der Waals surface area contributed by atoms with Gasteiger partial charge in [-0.15, -0.1) is 0 Å². The quantitative estimate of drug-likeness (QED) is 0.597. The summed E-state index contributed by atoms with van der Waals surface area (Å²) in [7, 11) is 1.98. The molecule has 0 spiro atoms. The van der Waals surface area contributed by atoms with Crippen LogP contribution in [0.25, 0.3) is 0 Å². The Balaban J connectivity index is 3.12. The van der Waals surface area contributed by atoms with Crippen LogP contribution < -0.4 is 10.6 Å². The van der Waals surface area contributed by atoms with Crippen LogP contribution in [0.3, 0.4) is 0 Å². The lowest BCUT2D eigenvalue weighted by Crippen LogP contribution is -2.36. The Labute approximate surface area is 64.4 Å². The lowest BCUT2D eigenvalue weighted by atomic mass is 10.2. The highest BCUT2D eigenvalue weighted by Gasteiger charge is 1.99. The van der Waals surface area contributed by atoms with E-state index in [1.165, 1.54) is 0 Å². The molecule has 0 aromatic heterocycles. The van der Waals surface area contributed by atoms with E-state index in [-0.39, 0.29) is 0 Å². The second kappa shape index (κ2) is 5.69. The van der Waals surface area contributed by atoms with Crippen LogP contribution in [0.5, 0.6) is 0 Å². The van der Waals surface area contributed by atoms with Crippen LogP contribution in [-0.4, -0.2) is 26.2 Å². The lowest BCUT2D eigenvalue weighted by molar-refractivity contribution is 0.471. The molecule has 0 rings (SSSR count). The van der Waals surface area contributed by atoms with Gasteiger partial charge >= 0.3 is 0 Å². The average molecular weight is 144 g/mol. The molecule has 0 saturated carbocycles. The van der Waals surface area contributed by atoms with E-state index in [0.29, 0.717) is 6.04 Å². The van der Waals surface area contributed by atoms with Crippen molar-refractivity contribution in [2.24, 2.45) is 5.92 Å². The molecule has 0 bridgehead atoms. The molecule has 0 aromatic carbocycles. The Morgan fingerprint density at radius 3 is 2.10 bits per heavy atom. The van der Waals surface area contributed by atoms with Gasteiger partial charge in [0.15, 0.2) is 0 Å². The minimum absolute atomic E-state index is 0.590. The highest BCUT2D eigenvalue weighted by molar-refractivity contribution is 4.62. The normalized spacial score (nSPS) is 14.1. The first-order chi connectivity index (χ1) is 4.66. The van der Waals surface area contributed by atoms with Crippen LogP contribution in [0.15, 0.2) is 0 Å². The second-order valence-electron chi connectivity index (χ2n) is 3.26. The highest BCUT2D eigenvalue weighted by Crippen LogP contribution is 1.88. The predicted octanol–water partition coefficient (Wildman–Crippen LogP) is 0.840. The molecule has 0 aliphatic heterocycles. The molecule has 0 aliphatic rings. The van der Waals surface area contributed by atoms with Crippen molar-refractivity contribution in [2.75, 3.05) is 20.1 Å². The zero-order valence-corrected chi connectivity index (χ0v) is 7.57. The number of likely N-dealkylation sites (N-methyl/N-ethyl adjacent to an activating group) is 1. The van der Waals surface area contributed by atoms with E-state index in [0.717, 1.165) is 19.0 Å². The predicted molar refractivity (Wildman–Crippen MR) is 46.2 cm³/mol. The average Bonchev–Trinajstić information content (AvgIpc) is 1.85. The summed E-state index contributed by atoms with van der Waals surface area (Å²) in [5.74, 6) is 0.749. The van der Waals surface area contributed by atoms with Crippen LogP contribution in [0.4, 0.5) is 0 Å². The first-order valence-corrected chi connectivity index (χ1v) is 4.04. The Morgan fingerprint density at radius 1 is 1.10 bits per heavy atom. The van der Waals surface area contributed by atoms with E-state index in [4.69, 9.17) is 0 Å². The fourth-order valence-electron chi connectivity index (χ4n) is 0.815. The Hall–Kier alpha value is -0.0800. The molecule has 0 radical (unpaired) electrons. The van der Waals surface area contributed by atoms with Gasteiger partial charge in [-0.3, -0.25) is 0 Å². The van der Waals surface area contributed by atoms with Gasteiger partial charge in [0.25, 0.3) is 0 Å². The molecule has 0 aromatic rings. The molecule has 0 fully saturated rings. The summed E-state index contributed by atoms with van der Waals surface area (Å²) in [6.45, 7) is 8.80. The third kappa shape index (κ3) is 6.05. The fraction of sp³-hybridized carbons (Fsp3) is 1.00. The van der Waals surface area contributed by atoms with Crippen LogP contribution >= 0.6 is 0 Å². The van der Waals surface area contributed by atoms with Crippen molar-refractivity contribution in [3.63, 3.8) is 0 Å². The Bertz CT molecular complexity index is 71.7. The van der Waals surface area contributed by atoms with Crippen LogP contribution in [0.1, 0.15) is 20.8 Å². The lowest BCUT2D eigenvalue weighted by Gasteiger charge is -2.14. The van der Waals surface area contributed by atoms with Crippen molar-refractivity contribution < 1.29 is 0 Å². The minimum atomic E-state index is 0.590. The molecule has 0 saturated heterocycles. The third-order valence-electron chi connectivity index (χ3n) is 1.38. The third-order valence-corrected chi connectivity index (χ3v) is 1.38. The summed E-state index contributed by atoms with van der Waals surface area (Å²) in [6.07, 6.45) is 0. The van der Waals surface area contributed by atoms with Crippen LogP contribution in [0.2, 0.25) is 0 Å². The van der Waals surface area contributed by atoms with Gasteiger partial charge in [-0.1, -0.05) is 13.8 Å². The molecule has 10 heavy (non-hydrogen) atoms. The van der Waals surface area contributed by atoms with Gasteiger partial charge in [0.05, 0.1) is 0 Å². The van der Waals surface area contributed by atoms with Crippen LogP contribution in [-0.2, 0) is 0 Å². The monoisotopic (exact) mass is 144 g/mol. The van der Waals surface area contributed by atoms with E-state index < -0.39 is 0 Å². The molecular weight excluding hydrogens is 124 g/mol. The van der Waals surface area contributed by atoms with Gasteiger partial charge < -0.3 is 10.6 Å². The number of hydrogen-bond donors (Lipinski definition) is 2. The van der Waals surface area contributed by atoms with E-state index in [1.807, 2.05) is 7.05 Å². The van der Waals surface area contributed by atoms with Crippen LogP contribution in [0, 0.1) is 5.92 Å². The van der Waals surface area contributed by atoms with Gasteiger partial charge in [0.1, 0.15) is 0 Å². The molecular formula is C8H20N2. The Morgan fingerprint density at radius 2 is 1.70 bits per heavy atom. The van der Waals surface area contributed by atoms with Crippen molar-refractivity contribution in [3.05, 3.63) is 0 Å². The van der Waals surface area contributed by atoms with Gasteiger partial charge in [-0.25, -0.2) is 0 Å². The summed E-state index contributed by atoms with van der Waals surface area (Å²) in [5.41, 5.74) is 0. The van der Waals surface area contributed by atoms with Crippen molar-refractivity contribution >= 4 is 0 Å². The van der Waals surface area contributed by atoms with Crippen molar-refractivity contribution in [2.45, 2.75) is 26.8 Å². The second-order valence-corrected chi connectivity index (χ2v) is 3.26. The van der Waals surface area contributed by atoms with E-state index >= 15 is 0 Å². The number of rotatable bonds is 5. The summed E-state index contributed by atoms with van der Waals surface area (Å²) in [6, 6.07) is 0.590. The molecule has 0 aliphatic carbocycles. The molecule has 2 N–H and O–H groups in total. The van der Waals surface area contributed by atoms with Gasteiger partial charge in [-0.2, -0.15) is 0 Å². The molecule has 2 heteroatoms. The van der Waals surface area contributed by atoms with E-state index in [9.17, 15) is 0 Å². The summed E-state index contributed by atoms with van der Waals surface area (Å²) >= 11 is 0. The topological polar surface area (TPSA) is 24.1 Å². The zero-order chi connectivity index (χ0) is 7.98. The number of hydrogen-bond acceptors (Lipinski definition) is 2. The van der Waals surface area contributed by atoms with E-state index in [1.54, 1.807) is 0 Å². The standard InChI is InChI=1S/C8H20N2/c1-7(2)5-10-8(3)6-9-4/h7-10H,5-6H2,1-4H3. The zero-order valence-electron chi connectivity index (χ0n) is 7.57. The summed E-state index contributed by atoms with van der Waals surface area (Å²) in [5, 5.41) is 6.55. The molecule has 62 valence electrons. The first-order valence-electron chi connectivity index (χ1n) is 4.04. The fourth-order valence-corrected chi connectivity index (χ4v) is 0.815. The minimum Gasteiger partial charge on any atom is -0.318 e. The summed E-state index contributed by atoms with van der Waals surface area (Å²) < 4.78 is 0. The smallest absolute Gasteiger partial charge is 0.0164 e. The number of nitrogens with one attached hydrogen (secondary N) is 2. The molecule has 2 nitrogen and oxygen atoms in total. The molecule has 0 heterocycles. The van der Waals surface area contributed by atoms with Crippen molar-refractivity contribution in [3.8, 4) is 0 Å². The molecule has 1 unspecified atom stereocenters. The first kappa shape index (κ1) is 9.92. The SMILES string of the molecule is CNCC(C)NCC(C)C. The largest absolute Gasteiger partial charge is 0.318 e. The highest BCUT2D eigenvalue weighted by atomic mass is 15.0. The maximum atomic E-state index is 3.42.